The van der Waals surface area contributed by atoms with E-state index in [4.69, 9.17) is 0 Å². The summed E-state index contributed by atoms with van der Waals surface area (Å²) < 4.78 is 53.6. The lowest BCUT2D eigenvalue weighted by molar-refractivity contribution is -0.146. The highest BCUT2D eigenvalue weighted by atomic mass is 19.4. The lowest BCUT2D eigenvalue weighted by Gasteiger charge is -2.16. The Morgan fingerprint density at radius 1 is 1.06 bits per heavy atom. The van der Waals surface area contributed by atoms with Crippen LogP contribution < -0.4 is 10.6 Å². The van der Waals surface area contributed by atoms with Crippen molar-refractivity contribution >= 4 is 23.1 Å². The van der Waals surface area contributed by atoms with Gasteiger partial charge in [0, 0.05) is 5.69 Å². The summed E-state index contributed by atoms with van der Waals surface area (Å²) in [4.78, 5) is 12.3. The Hall–Kier alpha value is -4.02. The molecule has 4 aromatic rings. The van der Waals surface area contributed by atoms with Crippen LogP contribution in [0.5, 0.6) is 0 Å². The van der Waals surface area contributed by atoms with Crippen molar-refractivity contribution in [3.8, 4) is 0 Å². The van der Waals surface area contributed by atoms with E-state index in [0.29, 0.717) is 10.2 Å². The third-order valence-corrected chi connectivity index (χ3v) is 4.86. The van der Waals surface area contributed by atoms with E-state index in [0.717, 1.165) is 5.56 Å². The highest BCUT2D eigenvalue weighted by Gasteiger charge is 2.37. The van der Waals surface area contributed by atoms with Crippen molar-refractivity contribution in [1.29, 1.82) is 0 Å². The molecule has 11 heteroatoms. The SMILES string of the molecule is CC(Nc1ccc2nnc(C(F)(F)F)n2n1)c1cccc(NC(=O)Cc2ccccc2F)c1. The van der Waals surface area contributed by atoms with Crippen LogP contribution in [-0.4, -0.2) is 25.7 Å². The molecule has 4 rings (SSSR count). The molecule has 0 aliphatic rings. The maximum absolute atomic E-state index is 13.8. The third kappa shape index (κ3) is 5.08. The van der Waals surface area contributed by atoms with Crippen molar-refractivity contribution < 1.29 is 22.4 Å². The molecule has 0 saturated heterocycles. The van der Waals surface area contributed by atoms with Gasteiger partial charge in [-0.25, -0.2) is 4.39 Å². The molecule has 0 saturated carbocycles. The Kier molecular flexibility index (Phi) is 5.95. The third-order valence-electron chi connectivity index (χ3n) is 4.86. The van der Waals surface area contributed by atoms with Crippen LogP contribution in [-0.2, 0) is 17.4 Å². The van der Waals surface area contributed by atoms with Crippen LogP contribution in [0.4, 0.5) is 29.1 Å². The predicted molar refractivity (Wildman–Crippen MR) is 113 cm³/mol. The quantitative estimate of drug-likeness (QED) is 0.412. The Balaban J connectivity index is 1.47. The van der Waals surface area contributed by atoms with Crippen molar-refractivity contribution in [2.24, 2.45) is 0 Å². The van der Waals surface area contributed by atoms with E-state index in [1.54, 1.807) is 49.4 Å². The summed E-state index contributed by atoms with van der Waals surface area (Å²) in [5, 5.41) is 16.3. The van der Waals surface area contributed by atoms with Gasteiger partial charge in [0.15, 0.2) is 5.65 Å². The predicted octanol–water partition coefficient (Wildman–Crippen LogP) is 4.64. The van der Waals surface area contributed by atoms with E-state index in [2.05, 4.69) is 25.9 Å². The summed E-state index contributed by atoms with van der Waals surface area (Å²) in [6.07, 6.45) is -4.80. The van der Waals surface area contributed by atoms with Crippen LogP contribution in [0.25, 0.3) is 5.65 Å². The molecule has 0 aliphatic carbocycles. The molecule has 0 aliphatic heterocycles. The van der Waals surface area contributed by atoms with Gasteiger partial charge in [-0.15, -0.1) is 15.3 Å². The lowest BCUT2D eigenvalue weighted by Crippen LogP contribution is -2.16. The van der Waals surface area contributed by atoms with Gasteiger partial charge in [0.05, 0.1) is 12.5 Å². The molecule has 7 nitrogen and oxygen atoms in total. The lowest BCUT2D eigenvalue weighted by atomic mass is 10.1. The Morgan fingerprint density at radius 2 is 1.85 bits per heavy atom. The number of alkyl halides is 3. The zero-order valence-corrected chi connectivity index (χ0v) is 17.3. The normalized spacial score (nSPS) is 12.5. The molecule has 1 amide bonds. The monoisotopic (exact) mass is 458 g/mol. The number of hydrogen-bond acceptors (Lipinski definition) is 5. The number of nitrogens with zero attached hydrogens (tertiary/aromatic N) is 4. The molecule has 0 radical (unpaired) electrons. The van der Waals surface area contributed by atoms with E-state index in [1.165, 1.54) is 18.2 Å². The molecule has 1 atom stereocenters. The van der Waals surface area contributed by atoms with Crippen molar-refractivity contribution in [1.82, 2.24) is 19.8 Å². The minimum absolute atomic E-state index is 0.0277. The second kappa shape index (κ2) is 8.85. The van der Waals surface area contributed by atoms with Gasteiger partial charge in [-0.2, -0.15) is 17.7 Å². The highest BCUT2D eigenvalue weighted by molar-refractivity contribution is 5.92. The summed E-state index contributed by atoms with van der Waals surface area (Å²) in [6.45, 7) is 1.79. The van der Waals surface area contributed by atoms with E-state index >= 15 is 0 Å². The fourth-order valence-corrected chi connectivity index (χ4v) is 3.25. The number of nitrogens with one attached hydrogen (secondary N) is 2. The number of hydrogen-bond donors (Lipinski definition) is 2. The number of anilines is 2. The van der Waals surface area contributed by atoms with E-state index in [-0.39, 0.29) is 35.4 Å². The first-order valence-corrected chi connectivity index (χ1v) is 9.90. The van der Waals surface area contributed by atoms with Crippen LogP contribution in [0.3, 0.4) is 0 Å². The molecule has 33 heavy (non-hydrogen) atoms. The average Bonchev–Trinajstić information content (AvgIpc) is 3.19. The van der Waals surface area contributed by atoms with Gasteiger partial charge < -0.3 is 10.6 Å². The number of benzene rings is 2. The number of carbonyl (C=O) groups is 1. The van der Waals surface area contributed by atoms with Gasteiger partial charge in [-0.1, -0.05) is 30.3 Å². The van der Waals surface area contributed by atoms with Gasteiger partial charge in [-0.05, 0) is 48.4 Å². The minimum atomic E-state index is -4.69. The molecule has 2 heterocycles. The minimum Gasteiger partial charge on any atom is -0.362 e. The Morgan fingerprint density at radius 3 is 2.61 bits per heavy atom. The summed E-state index contributed by atoms with van der Waals surface area (Å²) in [6, 6.07) is 15.5. The topological polar surface area (TPSA) is 84.2 Å². The molecule has 0 bridgehead atoms. The molecular weight excluding hydrogens is 440 g/mol. The van der Waals surface area contributed by atoms with Crippen LogP contribution in [0.15, 0.2) is 60.7 Å². The number of rotatable bonds is 6. The van der Waals surface area contributed by atoms with Gasteiger partial charge in [0.1, 0.15) is 11.6 Å². The Bertz CT molecular complexity index is 1300. The highest BCUT2D eigenvalue weighted by Crippen LogP contribution is 2.28. The molecule has 1 unspecified atom stereocenters. The fourth-order valence-electron chi connectivity index (χ4n) is 3.25. The zero-order valence-electron chi connectivity index (χ0n) is 17.3. The molecule has 2 aromatic heterocycles. The van der Waals surface area contributed by atoms with E-state index < -0.39 is 17.8 Å². The van der Waals surface area contributed by atoms with Crippen LogP contribution in [0, 0.1) is 5.82 Å². The number of amides is 1. The molecule has 170 valence electrons. The van der Waals surface area contributed by atoms with E-state index in [9.17, 15) is 22.4 Å². The maximum Gasteiger partial charge on any atom is 0.453 e. The second-order valence-corrected chi connectivity index (χ2v) is 7.32. The van der Waals surface area contributed by atoms with Crippen molar-refractivity contribution in [2.75, 3.05) is 10.6 Å². The van der Waals surface area contributed by atoms with Crippen LogP contribution in [0.1, 0.15) is 29.9 Å². The molecule has 0 spiro atoms. The number of carbonyl (C=O) groups excluding carboxylic acids is 1. The van der Waals surface area contributed by atoms with E-state index in [1.807, 2.05) is 0 Å². The molecule has 0 fully saturated rings. The number of halogens is 4. The van der Waals surface area contributed by atoms with Crippen molar-refractivity contribution in [3.05, 3.63) is 83.4 Å². The summed E-state index contributed by atoms with van der Waals surface area (Å²) in [5.41, 5.74) is 1.51. The largest absolute Gasteiger partial charge is 0.453 e. The summed E-state index contributed by atoms with van der Waals surface area (Å²) in [5.74, 6) is -1.86. The second-order valence-electron chi connectivity index (χ2n) is 7.32. The van der Waals surface area contributed by atoms with Gasteiger partial charge in [0.2, 0.25) is 5.91 Å². The Labute approximate surface area is 185 Å². The van der Waals surface area contributed by atoms with Gasteiger partial charge in [0.25, 0.3) is 5.82 Å². The molecular formula is C22H18F4N6O. The number of aromatic nitrogens is 4. The first kappa shape index (κ1) is 22.2. The average molecular weight is 458 g/mol. The van der Waals surface area contributed by atoms with Gasteiger partial charge >= 0.3 is 6.18 Å². The summed E-state index contributed by atoms with van der Waals surface area (Å²) >= 11 is 0. The summed E-state index contributed by atoms with van der Waals surface area (Å²) in [7, 11) is 0. The van der Waals surface area contributed by atoms with Crippen LogP contribution >= 0.6 is 0 Å². The first-order chi connectivity index (χ1) is 15.7. The van der Waals surface area contributed by atoms with Gasteiger partial charge in [-0.3, -0.25) is 4.79 Å². The fraction of sp³-hybridized carbons (Fsp3) is 0.182. The standard InChI is InChI=1S/C22H18F4N6O/c1-13(27-18-9-10-19-29-30-21(22(24,25)26)32(19)31-18)14-6-4-7-16(11-14)28-20(33)12-15-5-2-3-8-17(15)23/h2-11,13H,12H2,1H3,(H,27,31)(H,28,33). The first-order valence-electron chi connectivity index (χ1n) is 9.90. The van der Waals surface area contributed by atoms with Crippen molar-refractivity contribution in [3.63, 3.8) is 0 Å². The zero-order chi connectivity index (χ0) is 23.6. The molecule has 2 aromatic carbocycles. The molecule has 2 N–H and O–H groups in total. The smallest absolute Gasteiger partial charge is 0.362 e. The number of fused-ring (bicyclic) bond motifs is 1. The van der Waals surface area contributed by atoms with Crippen LogP contribution in [0.2, 0.25) is 0 Å². The van der Waals surface area contributed by atoms with Crippen molar-refractivity contribution in [2.45, 2.75) is 25.6 Å². The maximum atomic E-state index is 13.8.